The Kier molecular flexibility index (Phi) is 10.3. The third-order valence-electron chi connectivity index (χ3n) is 7.48. The van der Waals surface area contributed by atoms with Crippen molar-refractivity contribution in [2.45, 2.75) is 51.7 Å². The normalized spacial score (nSPS) is 17.2. The van der Waals surface area contributed by atoms with Crippen molar-refractivity contribution in [2.24, 2.45) is 0 Å². The number of carbonyl (C=O) groups is 4. The van der Waals surface area contributed by atoms with Crippen LogP contribution in [0.3, 0.4) is 0 Å². The SMILES string of the molecule is CCCCOC(=O)N1CCN(C(=O)CNC(=O)c2cc(OCC(=O)N3CCCC3C(F)(F)F)c3ccc(C)cc3n2)CC1. The molecule has 1 aromatic heterocycles. The number of nitrogens with one attached hydrogen (secondary N) is 1. The van der Waals surface area contributed by atoms with Crippen LogP contribution in [0.15, 0.2) is 24.3 Å². The van der Waals surface area contributed by atoms with Gasteiger partial charge in [0.15, 0.2) is 6.61 Å². The quantitative estimate of drug-likeness (QED) is 0.435. The zero-order valence-corrected chi connectivity index (χ0v) is 24.2. The second-order valence-corrected chi connectivity index (χ2v) is 10.6. The number of carbonyl (C=O) groups excluding carboxylic acids is 4. The molecule has 2 saturated heterocycles. The van der Waals surface area contributed by atoms with Crippen molar-refractivity contribution in [3.63, 3.8) is 0 Å². The molecule has 0 radical (unpaired) electrons. The van der Waals surface area contributed by atoms with Crippen LogP contribution in [0.4, 0.5) is 18.0 Å². The number of ether oxygens (including phenoxy) is 2. The fraction of sp³-hybridized carbons (Fsp3) is 0.552. The number of aryl methyl sites for hydroxylation is 1. The largest absolute Gasteiger partial charge is 0.483 e. The van der Waals surface area contributed by atoms with E-state index < -0.39 is 36.7 Å². The zero-order chi connectivity index (χ0) is 31.1. The van der Waals surface area contributed by atoms with Gasteiger partial charge in [-0.3, -0.25) is 14.4 Å². The summed E-state index contributed by atoms with van der Waals surface area (Å²) in [4.78, 5) is 58.8. The number of rotatable bonds is 9. The number of fused-ring (bicyclic) bond motifs is 1. The first-order valence-corrected chi connectivity index (χ1v) is 14.4. The predicted octanol–water partition coefficient (Wildman–Crippen LogP) is 3.29. The summed E-state index contributed by atoms with van der Waals surface area (Å²) in [5.74, 6) is -1.69. The van der Waals surface area contributed by atoms with Gasteiger partial charge in [0.1, 0.15) is 17.5 Å². The van der Waals surface area contributed by atoms with Gasteiger partial charge in [0.25, 0.3) is 11.8 Å². The Morgan fingerprint density at radius 1 is 1.02 bits per heavy atom. The van der Waals surface area contributed by atoms with E-state index in [2.05, 4.69) is 10.3 Å². The van der Waals surface area contributed by atoms with E-state index in [9.17, 15) is 32.3 Å². The minimum atomic E-state index is -4.52. The number of amides is 4. The van der Waals surface area contributed by atoms with Gasteiger partial charge in [-0.25, -0.2) is 9.78 Å². The molecule has 234 valence electrons. The number of alkyl halides is 3. The maximum Gasteiger partial charge on any atom is 0.409 e. The summed E-state index contributed by atoms with van der Waals surface area (Å²) in [6.07, 6.45) is -3.15. The molecule has 14 heteroatoms. The molecule has 2 aliphatic heterocycles. The third kappa shape index (κ3) is 8.05. The van der Waals surface area contributed by atoms with E-state index in [1.165, 1.54) is 11.0 Å². The van der Waals surface area contributed by atoms with Crippen molar-refractivity contribution in [1.82, 2.24) is 25.0 Å². The van der Waals surface area contributed by atoms with E-state index >= 15 is 0 Å². The van der Waals surface area contributed by atoms with E-state index in [1.54, 1.807) is 23.1 Å². The molecule has 0 saturated carbocycles. The summed E-state index contributed by atoms with van der Waals surface area (Å²) in [7, 11) is 0. The summed E-state index contributed by atoms with van der Waals surface area (Å²) in [6.45, 7) is 4.43. The molecular formula is C29H36F3N5O6. The minimum absolute atomic E-state index is 0.0115. The number of pyridine rings is 1. The van der Waals surface area contributed by atoms with Crippen LogP contribution in [-0.2, 0) is 14.3 Å². The molecule has 1 atom stereocenters. The smallest absolute Gasteiger partial charge is 0.409 e. The van der Waals surface area contributed by atoms with Crippen LogP contribution in [0.1, 0.15) is 48.7 Å². The number of benzene rings is 1. The van der Waals surface area contributed by atoms with E-state index in [4.69, 9.17) is 9.47 Å². The van der Waals surface area contributed by atoms with Gasteiger partial charge < -0.3 is 29.5 Å². The molecule has 2 aliphatic rings. The van der Waals surface area contributed by atoms with Crippen LogP contribution < -0.4 is 10.1 Å². The highest BCUT2D eigenvalue weighted by Crippen LogP contribution is 2.33. The Morgan fingerprint density at radius 2 is 1.74 bits per heavy atom. The van der Waals surface area contributed by atoms with E-state index in [-0.39, 0.29) is 43.3 Å². The molecule has 0 spiro atoms. The summed E-state index contributed by atoms with van der Waals surface area (Å²) in [5.41, 5.74) is 1.15. The first-order valence-electron chi connectivity index (χ1n) is 14.4. The second kappa shape index (κ2) is 13.9. The van der Waals surface area contributed by atoms with Crippen LogP contribution >= 0.6 is 0 Å². The number of unbranched alkanes of at least 4 members (excludes halogenated alkanes) is 1. The zero-order valence-electron chi connectivity index (χ0n) is 24.2. The summed E-state index contributed by atoms with van der Waals surface area (Å²) in [5, 5.41) is 3.03. The monoisotopic (exact) mass is 607 g/mol. The fourth-order valence-corrected chi connectivity index (χ4v) is 5.06. The van der Waals surface area contributed by atoms with Crippen LogP contribution in [0.2, 0.25) is 0 Å². The summed E-state index contributed by atoms with van der Waals surface area (Å²) >= 11 is 0. The molecule has 1 aromatic carbocycles. The van der Waals surface area contributed by atoms with Gasteiger partial charge in [0.05, 0.1) is 18.7 Å². The lowest BCUT2D eigenvalue weighted by atomic mass is 10.1. The van der Waals surface area contributed by atoms with Crippen LogP contribution in [0, 0.1) is 6.92 Å². The average Bonchev–Trinajstić information content (AvgIpc) is 3.49. The molecule has 4 rings (SSSR count). The molecule has 0 aliphatic carbocycles. The highest BCUT2D eigenvalue weighted by atomic mass is 19.4. The molecule has 0 bridgehead atoms. The molecule has 3 heterocycles. The van der Waals surface area contributed by atoms with Gasteiger partial charge in [-0.2, -0.15) is 13.2 Å². The highest BCUT2D eigenvalue weighted by molar-refractivity contribution is 5.98. The first-order chi connectivity index (χ1) is 20.5. The van der Waals surface area contributed by atoms with Gasteiger partial charge in [-0.1, -0.05) is 19.4 Å². The van der Waals surface area contributed by atoms with Gasteiger partial charge in [-0.15, -0.1) is 0 Å². The van der Waals surface area contributed by atoms with Crippen molar-refractivity contribution in [1.29, 1.82) is 0 Å². The highest BCUT2D eigenvalue weighted by Gasteiger charge is 2.47. The lowest BCUT2D eigenvalue weighted by Crippen LogP contribution is -2.52. The van der Waals surface area contributed by atoms with Gasteiger partial charge in [-0.05, 0) is 43.9 Å². The Morgan fingerprint density at radius 3 is 2.44 bits per heavy atom. The minimum Gasteiger partial charge on any atom is -0.483 e. The lowest BCUT2D eigenvalue weighted by molar-refractivity contribution is -0.183. The van der Waals surface area contributed by atoms with Crippen LogP contribution in [0.5, 0.6) is 5.75 Å². The number of hydrogen-bond donors (Lipinski definition) is 1. The van der Waals surface area contributed by atoms with E-state index in [0.29, 0.717) is 43.7 Å². The maximum atomic E-state index is 13.3. The molecule has 2 fully saturated rings. The number of likely N-dealkylation sites (tertiary alicyclic amines) is 1. The maximum absolute atomic E-state index is 13.3. The Balaban J connectivity index is 1.37. The predicted molar refractivity (Wildman–Crippen MR) is 150 cm³/mol. The number of aromatic nitrogens is 1. The molecule has 2 aromatic rings. The van der Waals surface area contributed by atoms with Gasteiger partial charge in [0, 0.05) is 44.2 Å². The number of nitrogens with zero attached hydrogens (tertiary/aromatic N) is 4. The van der Waals surface area contributed by atoms with Crippen molar-refractivity contribution in [2.75, 3.05) is 52.5 Å². The van der Waals surface area contributed by atoms with Crippen molar-refractivity contribution in [3.05, 3.63) is 35.5 Å². The Bertz CT molecular complexity index is 1350. The summed E-state index contributed by atoms with van der Waals surface area (Å²) < 4.78 is 50.9. The van der Waals surface area contributed by atoms with E-state index in [1.807, 2.05) is 13.8 Å². The first kappa shape index (κ1) is 31.8. The molecule has 4 amide bonds. The van der Waals surface area contributed by atoms with Crippen LogP contribution in [-0.4, -0.2) is 108 Å². The lowest BCUT2D eigenvalue weighted by Gasteiger charge is -2.34. The van der Waals surface area contributed by atoms with Crippen molar-refractivity contribution >= 4 is 34.7 Å². The van der Waals surface area contributed by atoms with Gasteiger partial charge in [0.2, 0.25) is 5.91 Å². The molecule has 1 N–H and O–H groups in total. The van der Waals surface area contributed by atoms with Crippen molar-refractivity contribution in [3.8, 4) is 5.75 Å². The standard InChI is InChI=1S/C29H36F3N5O6/c1-3-4-14-42-28(41)36-12-10-35(11-13-36)25(38)17-33-27(40)22-16-23(20-8-7-19(2)15-21(20)34-22)43-18-26(39)37-9-5-6-24(37)29(30,31)32/h7-8,15-16,24H,3-6,9-14,17-18H2,1-2H3,(H,33,40). The average molecular weight is 608 g/mol. The number of piperazine rings is 1. The fourth-order valence-electron chi connectivity index (χ4n) is 5.06. The third-order valence-corrected chi connectivity index (χ3v) is 7.48. The molecule has 11 nitrogen and oxygen atoms in total. The second-order valence-electron chi connectivity index (χ2n) is 10.6. The topological polar surface area (TPSA) is 121 Å². The molecular weight excluding hydrogens is 571 g/mol. The number of hydrogen-bond acceptors (Lipinski definition) is 7. The van der Waals surface area contributed by atoms with Crippen molar-refractivity contribution < 1.29 is 41.8 Å². The molecule has 1 unspecified atom stereocenters. The van der Waals surface area contributed by atoms with Crippen LogP contribution in [0.25, 0.3) is 10.9 Å². The summed E-state index contributed by atoms with van der Waals surface area (Å²) in [6, 6.07) is 4.64. The Hall–Kier alpha value is -4.10. The number of halogens is 3. The van der Waals surface area contributed by atoms with E-state index in [0.717, 1.165) is 23.3 Å². The Labute approximate surface area is 247 Å². The van der Waals surface area contributed by atoms with Gasteiger partial charge >= 0.3 is 12.3 Å². The molecule has 43 heavy (non-hydrogen) atoms.